The van der Waals surface area contributed by atoms with Gasteiger partial charge in [0.2, 0.25) is 0 Å². The van der Waals surface area contributed by atoms with Crippen molar-refractivity contribution in [1.82, 2.24) is 0 Å². The highest BCUT2D eigenvalue weighted by atomic mass is 16.3. The Labute approximate surface area is 96.4 Å². The van der Waals surface area contributed by atoms with Crippen molar-refractivity contribution in [3.8, 4) is 11.1 Å². The molecular formula is C15H15O. The van der Waals surface area contributed by atoms with Crippen molar-refractivity contribution >= 4 is 0 Å². The summed E-state index contributed by atoms with van der Waals surface area (Å²) in [6, 6.07) is 18.5. The number of hydrogen-bond acceptors (Lipinski definition) is 1. The Bertz CT molecular complexity index is 429. The largest absolute Gasteiger partial charge is 0.393 e. The molecule has 0 fully saturated rings. The van der Waals surface area contributed by atoms with E-state index in [2.05, 4.69) is 31.2 Å². The maximum Gasteiger partial charge on any atom is 0.0581 e. The second-order valence-electron chi connectivity index (χ2n) is 3.92. The van der Waals surface area contributed by atoms with Gasteiger partial charge in [-0.15, -0.1) is 0 Å². The van der Waals surface area contributed by atoms with Gasteiger partial charge in [0, 0.05) is 0 Å². The first-order valence-corrected chi connectivity index (χ1v) is 5.41. The predicted octanol–water partition coefficient (Wildman–Crippen LogP) is 3.09. The third kappa shape index (κ3) is 2.71. The maximum atomic E-state index is 9.18. The van der Waals surface area contributed by atoms with Gasteiger partial charge in [-0.25, -0.2) is 0 Å². The van der Waals surface area contributed by atoms with Gasteiger partial charge in [0.05, 0.1) is 6.10 Å². The molecule has 1 atom stereocenters. The zero-order valence-corrected chi connectivity index (χ0v) is 9.13. The Morgan fingerprint density at radius 2 is 1.44 bits per heavy atom. The third-order valence-corrected chi connectivity index (χ3v) is 2.53. The number of hydrogen-bond donors (Lipinski definition) is 1. The molecule has 1 N–H and O–H groups in total. The smallest absolute Gasteiger partial charge is 0.0581 e. The van der Waals surface area contributed by atoms with Gasteiger partial charge < -0.3 is 5.11 Å². The van der Waals surface area contributed by atoms with E-state index in [-0.39, 0.29) is 0 Å². The van der Waals surface area contributed by atoms with E-state index < -0.39 is 6.10 Å². The summed E-state index contributed by atoms with van der Waals surface area (Å²) in [5, 5.41) is 9.18. The van der Waals surface area contributed by atoms with Crippen LogP contribution in [-0.4, -0.2) is 11.2 Å². The summed E-state index contributed by atoms with van der Waals surface area (Å²) in [6.07, 6.45) is 0.0808. The van der Waals surface area contributed by atoms with Crippen LogP contribution in [0.3, 0.4) is 0 Å². The van der Waals surface area contributed by atoms with Gasteiger partial charge in [0.25, 0.3) is 0 Å². The van der Waals surface area contributed by atoms with Gasteiger partial charge in [-0.3, -0.25) is 0 Å². The predicted molar refractivity (Wildman–Crippen MR) is 66.9 cm³/mol. The summed E-state index contributed by atoms with van der Waals surface area (Å²) in [5.74, 6) is 0. The summed E-state index contributed by atoms with van der Waals surface area (Å²) >= 11 is 0. The molecule has 1 unspecified atom stereocenters. The summed E-state index contributed by atoms with van der Waals surface area (Å²) in [7, 11) is 0. The quantitative estimate of drug-likeness (QED) is 0.827. The lowest BCUT2D eigenvalue weighted by Crippen LogP contribution is -2.04. The second-order valence-corrected chi connectivity index (χ2v) is 3.92. The van der Waals surface area contributed by atoms with E-state index in [1.165, 1.54) is 11.1 Å². The van der Waals surface area contributed by atoms with Crippen LogP contribution in [0, 0.1) is 6.92 Å². The van der Waals surface area contributed by atoms with Crippen LogP contribution in [0.4, 0.5) is 0 Å². The van der Waals surface area contributed by atoms with Gasteiger partial charge in [-0.1, -0.05) is 54.6 Å². The summed E-state index contributed by atoms with van der Waals surface area (Å²) in [5.41, 5.74) is 3.52. The van der Waals surface area contributed by atoms with Crippen LogP contribution in [0.5, 0.6) is 0 Å². The van der Waals surface area contributed by atoms with Crippen LogP contribution in [0.2, 0.25) is 0 Å². The number of aliphatic hydroxyl groups is 1. The van der Waals surface area contributed by atoms with Crippen molar-refractivity contribution in [2.75, 3.05) is 0 Å². The molecule has 0 aliphatic carbocycles. The molecule has 0 amide bonds. The molecule has 0 aliphatic rings. The first-order chi connectivity index (χ1) is 7.75. The topological polar surface area (TPSA) is 20.2 Å². The molecule has 0 aliphatic heterocycles. The first-order valence-electron chi connectivity index (χ1n) is 5.41. The lowest BCUT2D eigenvalue weighted by atomic mass is 10.0. The zero-order chi connectivity index (χ0) is 11.4. The lowest BCUT2D eigenvalue weighted by molar-refractivity contribution is 0.221. The van der Waals surface area contributed by atoms with Crippen molar-refractivity contribution in [3.63, 3.8) is 0 Å². The summed E-state index contributed by atoms with van der Waals surface area (Å²) < 4.78 is 0. The fraction of sp³-hybridized carbons (Fsp3) is 0.133. The van der Waals surface area contributed by atoms with Crippen LogP contribution < -0.4 is 0 Å². The van der Waals surface area contributed by atoms with E-state index in [1.807, 2.05) is 30.3 Å². The molecule has 2 aromatic rings. The molecule has 0 saturated carbocycles. The second kappa shape index (κ2) is 4.95. The minimum absolute atomic E-state index is 0.525. The van der Waals surface area contributed by atoms with E-state index in [9.17, 15) is 5.11 Å². The molecule has 1 radical (unpaired) electrons. The normalized spacial score (nSPS) is 12.4. The fourth-order valence-corrected chi connectivity index (χ4v) is 1.74. The van der Waals surface area contributed by atoms with E-state index >= 15 is 0 Å². The van der Waals surface area contributed by atoms with Crippen molar-refractivity contribution in [2.24, 2.45) is 0 Å². The third-order valence-electron chi connectivity index (χ3n) is 2.53. The Morgan fingerprint density at radius 1 is 0.875 bits per heavy atom. The van der Waals surface area contributed by atoms with Crippen LogP contribution >= 0.6 is 0 Å². The van der Waals surface area contributed by atoms with Gasteiger partial charge in [0.15, 0.2) is 0 Å². The van der Waals surface area contributed by atoms with Crippen LogP contribution in [0.25, 0.3) is 11.1 Å². The van der Waals surface area contributed by atoms with Gasteiger partial charge >= 0.3 is 0 Å². The standard InChI is InChI=1S/C15H15O/c1-12(16)11-13-7-9-15(10-8-13)14-5-3-2-4-6-14/h2-10,12,16H,1,11H2. The van der Waals surface area contributed by atoms with Crippen LogP contribution in [0.15, 0.2) is 54.6 Å². The molecule has 2 aromatic carbocycles. The molecule has 2 rings (SSSR count). The number of rotatable bonds is 3. The van der Waals surface area contributed by atoms with Crippen molar-refractivity contribution in [3.05, 3.63) is 67.1 Å². The summed E-state index contributed by atoms with van der Waals surface area (Å²) in [6.45, 7) is 3.57. The molecule has 0 spiro atoms. The molecule has 0 bridgehead atoms. The molecule has 1 heteroatoms. The number of aliphatic hydroxyl groups excluding tert-OH is 1. The molecule has 1 nitrogen and oxygen atoms in total. The minimum atomic E-state index is -0.525. The molecule has 0 aromatic heterocycles. The summed E-state index contributed by atoms with van der Waals surface area (Å²) in [4.78, 5) is 0. The maximum absolute atomic E-state index is 9.18. The molecule has 0 saturated heterocycles. The van der Waals surface area contributed by atoms with Crippen molar-refractivity contribution in [1.29, 1.82) is 0 Å². The SMILES string of the molecule is [CH2]C(O)Cc1ccc(-c2ccccc2)cc1. The van der Waals surface area contributed by atoms with E-state index in [0.717, 1.165) is 5.56 Å². The Morgan fingerprint density at radius 3 is 2.00 bits per heavy atom. The Hall–Kier alpha value is -1.60. The minimum Gasteiger partial charge on any atom is -0.393 e. The van der Waals surface area contributed by atoms with E-state index in [4.69, 9.17) is 0 Å². The van der Waals surface area contributed by atoms with Crippen LogP contribution in [0.1, 0.15) is 5.56 Å². The van der Waals surface area contributed by atoms with E-state index in [1.54, 1.807) is 0 Å². The van der Waals surface area contributed by atoms with Gasteiger partial charge in [-0.2, -0.15) is 0 Å². The Balaban J connectivity index is 2.20. The highest BCUT2D eigenvalue weighted by Gasteiger charge is 2.00. The molecule has 81 valence electrons. The first kappa shape index (κ1) is 10.9. The van der Waals surface area contributed by atoms with Gasteiger partial charge in [0.1, 0.15) is 0 Å². The molecule has 0 heterocycles. The average molecular weight is 211 g/mol. The van der Waals surface area contributed by atoms with E-state index in [0.29, 0.717) is 6.42 Å². The molecular weight excluding hydrogens is 196 g/mol. The zero-order valence-electron chi connectivity index (χ0n) is 9.13. The van der Waals surface area contributed by atoms with Crippen LogP contribution in [-0.2, 0) is 6.42 Å². The van der Waals surface area contributed by atoms with Crippen molar-refractivity contribution < 1.29 is 5.11 Å². The monoisotopic (exact) mass is 211 g/mol. The highest BCUT2D eigenvalue weighted by Crippen LogP contribution is 2.19. The highest BCUT2D eigenvalue weighted by molar-refractivity contribution is 5.63. The van der Waals surface area contributed by atoms with Gasteiger partial charge in [-0.05, 0) is 30.0 Å². The number of benzene rings is 2. The Kier molecular flexibility index (Phi) is 3.37. The fourth-order valence-electron chi connectivity index (χ4n) is 1.74. The average Bonchev–Trinajstić information content (AvgIpc) is 2.30. The lowest BCUT2D eigenvalue weighted by Gasteiger charge is -2.06. The van der Waals surface area contributed by atoms with Crippen molar-refractivity contribution in [2.45, 2.75) is 12.5 Å². The molecule has 16 heavy (non-hydrogen) atoms.